The van der Waals surface area contributed by atoms with Crippen molar-refractivity contribution in [1.82, 2.24) is 0 Å². The van der Waals surface area contributed by atoms with E-state index < -0.39 is 0 Å². The standard InChI is InChI=1S/C14H18N4S2/c1-9-7-15-13(19-9)17-11-5-3-4-6-12(11)18-14-16-8-10(2)20-14/h3-6,9-10H,7-8H2,1-2H3,(H,15,17)(H,16,18). The largest absolute Gasteiger partial charge is 0.333 e. The minimum absolute atomic E-state index is 0.563. The Balaban J connectivity index is 1.71. The number of amidine groups is 2. The molecule has 106 valence electrons. The van der Waals surface area contributed by atoms with Gasteiger partial charge >= 0.3 is 0 Å². The third-order valence-corrected chi connectivity index (χ3v) is 5.03. The second kappa shape index (κ2) is 6.10. The van der Waals surface area contributed by atoms with Gasteiger partial charge in [-0.15, -0.1) is 0 Å². The molecule has 3 rings (SSSR count). The van der Waals surface area contributed by atoms with Crippen LogP contribution in [-0.4, -0.2) is 33.9 Å². The number of hydrogen-bond donors (Lipinski definition) is 2. The van der Waals surface area contributed by atoms with E-state index in [9.17, 15) is 0 Å². The molecule has 2 unspecified atom stereocenters. The van der Waals surface area contributed by atoms with E-state index in [1.807, 2.05) is 12.1 Å². The molecule has 4 nitrogen and oxygen atoms in total. The lowest BCUT2D eigenvalue weighted by molar-refractivity contribution is 0.976. The zero-order chi connectivity index (χ0) is 13.9. The normalized spacial score (nSPS) is 25.3. The smallest absolute Gasteiger partial charge is 0.161 e. The quantitative estimate of drug-likeness (QED) is 0.878. The molecule has 0 saturated heterocycles. The molecule has 6 heteroatoms. The molecule has 2 aliphatic heterocycles. The van der Waals surface area contributed by atoms with Crippen molar-refractivity contribution in [3.05, 3.63) is 24.3 Å². The van der Waals surface area contributed by atoms with Crippen LogP contribution in [0.25, 0.3) is 0 Å². The Morgan fingerprint density at radius 3 is 1.70 bits per heavy atom. The third kappa shape index (κ3) is 3.30. The Morgan fingerprint density at radius 1 is 0.900 bits per heavy atom. The van der Waals surface area contributed by atoms with Gasteiger partial charge in [0.2, 0.25) is 0 Å². The van der Waals surface area contributed by atoms with Gasteiger partial charge in [-0.05, 0) is 12.1 Å². The molecule has 0 aliphatic carbocycles. The Bertz CT molecular complexity index is 507. The maximum atomic E-state index is 4.50. The minimum Gasteiger partial charge on any atom is -0.333 e. The molecule has 0 radical (unpaired) electrons. The van der Waals surface area contributed by atoms with Crippen molar-refractivity contribution in [3.63, 3.8) is 0 Å². The second-order valence-corrected chi connectivity index (χ2v) is 7.80. The molecule has 0 spiro atoms. The highest BCUT2D eigenvalue weighted by molar-refractivity contribution is 8.15. The highest BCUT2D eigenvalue weighted by Gasteiger charge is 2.18. The van der Waals surface area contributed by atoms with E-state index in [0.717, 1.165) is 34.8 Å². The summed E-state index contributed by atoms with van der Waals surface area (Å²) in [5, 5.41) is 9.95. The van der Waals surface area contributed by atoms with Crippen LogP contribution in [0.1, 0.15) is 13.8 Å². The van der Waals surface area contributed by atoms with Crippen molar-refractivity contribution in [2.45, 2.75) is 24.3 Å². The minimum atomic E-state index is 0.563. The van der Waals surface area contributed by atoms with Crippen molar-refractivity contribution in [3.8, 4) is 0 Å². The maximum absolute atomic E-state index is 4.50. The SMILES string of the molecule is CC1CN=C(Nc2ccccc2NC2=NCC(C)S2)S1. The summed E-state index contributed by atoms with van der Waals surface area (Å²) < 4.78 is 0. The van der Waals surface area contributed by atoms with Crippen LogP contribution >= 0.6 is 23.5 Å². The van der Waals surface area contributed by atoms with E-state index in [4.69, 9.17) is 0 Å². The van der Waals surface area contributed by atoms with E-state index in [1.165, 1.54) is 0 Å². The lowest BCUT2D eigenvalue weighted by Gasteiger charge is -2.13. The zero-order valence-corrected chi connectivity index (χ0v) is 13.2. The zero-order valence-electron chi connectivity index (χ0n) is 11.6. The first-order valence-corrected chi connectivity index (χ1v) is 8.52. The van der Waals surface area contributed by atoms with Gasteiger partial charge in [-0.3, -0.25) is 9.98 Å². The van der Waals surface area contributed by atoms with Gasteiger partial charge in [-0.25, -0.2) is 0 Å². The number of rotatable bonds is 2. The molecule has 2 N–H and O–H groups in total. The molecule has 0 amide bonds. The molecule has 1 aromatic carbocycles. The average Bonchev–Trinajstić information content (AvgIpc) is 3.01. The first-order valence-electron chi connectivity index (χ1n) is 6.76. The topological polar surface area (TPSA) is 48.8 Å². The first-order chi connectivity index (χ1) is 9.70. The van der Waals surface area contributed by atoms with Crippen LogP contribution < -0.4 is 10.6 Å². The van der Waals surface area contributed by atoms with Crippen molar-refractivity contribution < 1.29 is 0 Å². The van der Waals surface area contributed by atoms with Gasteiger partial charge < -0.3 is 10.6 Å². The number of nitrogens with one attached hydrogen (secondary N) is 2. The number of nitrogens with zero attached hydrogens (tertiary/aromatic N) is 2. The monoisotopic (exact) mass is 306 g/mol. The molecular weight excluding hydrogens is 288 g/mol. The van der Waals surface area contributed by atoms with E-state index in [0.29, 0.717) is 10.5 Å². The number of aliphatic imine (C=N–C) groups is 2. The van der Waals surface area contributed by atoms with E-state index in [-0.39, 0.29) is 0 Å². The third-order valence-electron chi connectivity index (χ3n) is 3.02. The predicted octanol–water partition coefficient (Wildman–Crippen LogP) is 3.49. The summed E-state index contributed by atoms with van der Waals surface area (Å²) in [5.41, 5.74) is 2.10. The van der Waals surface area contributed by atoms with Gasteiger partial charge in [0.25, 0.3) is 0 Å². The fourth-order valence-electron chi connectivity index (χ4n) is 2.02. The number of para-hydroxylation sites is 2. The van der Waals surface area contributed by atoms with Crippen LogP contribution in [0.2, 0.25) is 0 Å². The molecule has 0 saturated carbocycles. The van der Waals surface area contributed by atoms with Crippen molar-refractivity contribution >= 4 is 45.2 Å². The molecule has 2 heterocycles. The summed E-state index contributed by atoms with van der Waals surface area (Å²) in [5.74, 6) is 0. The fourth-order valence-corrected chi connectivity index (χ4v) is 3.72. The van der Waals surface area contributed by atoms with E-state index in [2.05, 4.69) is 46.6 Å². The summed E-state index contributed by atoms with van der Waals surface area (Å²) in [7, 11) is 0. The summed E-state index contributed by atoms with van der Waals surface area (Å²) in [6.45, 7) is 6.17. The highest BCUT2D eigenvalue weighted by Crippen LogP contribution is 2.29. The van der Waals surface area contributed by atoms with Gasteiger partial charge in [0.1, 0.15) is 0 Å². The van der Waals surface area contributed by atoms with E-state index in [1.54, 1.807) is 23.5 Å². The number of thioether (sulfide) groups is 2. The van der Waals surface area contributed by atoms with Crippen LogP contribution in [0.4, 0.5) is 11.4 Å². The number of anilines is 2. The summed E-state index contributed by atoms with van der Waals surface area (Å²) >= 11 is 3.58. The van der Waals surface area contributed by atoms with Crippen molar-refractivity contribution in [2.75, 3.05) is 23.7 Å². The Morgan fingerprint density at radius 2 is 1.35 bits per heavy atom. The van der Waals surface area contributed by atoms with Crippen molar-refractivity contribution in [1.29, 1.82) is 0 Å². The van der Waals surface area contributed by atoms with Crippen LogP contribution in [0.3, 0.4) is 0 Å². The summed E-state index contributed by atoms with van der Waals surface area (Å²) in [6.07, 6.45) is 0. The van der Waals surface area contributed by atoms with Gasteiger partial charge in [0, 0.05) is 10.5 Å². The van der Waals surface area contributed by atoms with Crippen LogP contribution in [0, 0.1) is 0 Å². The van der Waals surface area contributed by atoms with Crippen molar-refractivity contribution in [2.24, 2.45) is 9.98 Å². The molecule has 0 aromatic heterocycles. The fraction of sp³-hybridized carbons (Fsp3) is 0.429. The number of hydrogen-bond acceptors (Lipinski definition) is 6. The summed E-state index contributed by atoms with van der Waals surface area (Å²) in [6, 6.07) is 8.20. The molecule has 0 bridgehead atoms. The predicted molar refractivity (Wildman–Crippen MR) is 92.4 cm³/mol. The lowest BCUT2D eigenvalue weighted by Crippen LogP contribution is -2.11. The Labute approximate surface area is 127 Å². The van der Waals surface area contributed by atoms with Crippen LogP contribution in [0.5, 0.6) is 0 Å². The Kier molecular flexibility index (Phi) is 4.21. The van der Waals surface area contributed by atoms with E-state index >= 15 is 0 Å². The molecule has 20 heavy (non-hydrogen) atoms. The maximum Gasteiger partial charge on any atom is 0.161 e. The molecule has 2 atom stereocenters. The summed E-state index contributed by atoms with van der Waals surface area (Å²) in [4.78, 5) is 9.00. The number of benzene rings is 1. The van der Waals surface area contributed by atoms with Crippen LogP contribution in [0.15, 0.2) is 34.3 Å². The van der Waals surface area contributed by atoms with Crippen LogP contribution in [-0.2, 0) is 0 Å². The molecule has 2 aliphatic rings. The second-order valence-electron chi connectivity index (χ2n) is 4.94. The average molecular weight is 306 g/mol. The van der Waals surface area contributed by atoms with Gasteiger partial charge in [-0.2, -0.15) is 0 Å². The van der Waals surface area contributed by atoms with Gasteiger partial charge in [0.05, 0.1) is 24.5 Å². The van der Waals surface area contributed by atoms with Gasteiger partial charge in [-0.1, -0.05) is 49.5 Å². The molecular formula is C14H18N4S2. The Hall–Kier alpha value is -1.14. The van der Waals surface area contributed by atoms with Gasteiger partial charge in [0.15, 0.2) is 10.3 Å². The highest BCUT2D eigenvalue weighted by atomic mass is 32.2. The first kappa shape index (κ1) is 13.8. The lowest BCUT2D eigenvalue weighted by atomic mass is 10.2. The molecule has 1 aromatic rings. The molecule has 0 fully saturated rings.